The number of aromatic nitrogens is 1. The Morgan fingerprint density at radius 1 is 0.867 bits per heavy atom. The van der Waals surface area contributed by atoms with E-state index >= 15 is 0 Å². The molecular weight excluding hydrogens is 386 g/mol. The third-order valence-electron chi connectivity index (χ3n) is 4.63. The highest BCUT2D eigenvalue weighted by atomic mass is 16.5. The highest BCUT2D eigenvalue weighted by Gasteiger charge is 2.16. The van der Waals surface area contributed by atoms with E-state index in [9.17, 15) is 9.59 Å². The number of benzene rings is 2. The van der Waals surface area contributed by atoms with Gasteiger partial charge in [0.25, 0.3) is 11.8 Å². The van der Waals surface area contributed by atoms with Gasteiger partial charge in [-0.1, -0.05) is 18.2 Å². The molecule has 3 rings (SSSR count). The van der Waals surface area contributed by atoms with E-state index in [0.29, 0.717) is 48.0 Å². The van der Waals surface area contributed by atoms with Gasteiger partial charge in [-0.05, 0) is 30.7 Å². The zero-order chi connectivity index (χ0) is 21.5. The normalized spacial score (nSPS) is 10.5. The highest BCUT2D eigenvalue weighted by molar-refractivity contribution is 5.98. The summed E-state index contributed by atoms with van der Waals surface area (Å²) in [6.07, 6.45) is 0.585. The number of H-pyrrole nitrogens is 1. The molecule has 1 heterocycles. The average molecular weight is 411 g/mol. The fraction of sp³-hybridized carbons (Fsp3) is 0.273. The van der Waals surface area contributed by atoms with E-state index in [1.807, 2.05) is 30.3 Å². The Hall–Kier alpha value is -3.68. The molecule has 2 aromatic carbocycles. The van der Waals surface area contributed by atoms with Crippen molar-refractivity contribution in [2.75, 3.05) is 34.4 Å². The lowest BCUT2D eigenvalue weighted by molar-refractivity contribution is 0.0948. The molecule has 2 amide bonds. The summed E-state index contributed by atoms with van der Waals surface area (Å²) in [6.45, 7) is 0.839. The second kappa shape index (κ2) is 9.69. The molecule has 8 heteroatoms. The van der Waals surface area contributed by atoms with Gasteiger partial charge in [-0.3, -0.25) is 9.59 Å². The Bertz CT molecular complexity index is 986. The van der Waals surface area contributed by atoms with Crippen LogP contribution in [-0.4, -0.2) is 51.2 Å². The van der Waals surface area contributed by atoms with Crippen LogP contribution >= 0.6 is 0 Å². The number of fused-ring (bicyclic) bond motifs is 1. The largest absolute Gasteiger partial charge is 0.493 e. The van der Waals surface area contributed by atoms with Crippen molar-refractivity contribution in [2.24, 2.45) is 0 Å². The van der Waals surface area contributed by atoms with Gasteiger partial charge in [0.05, 0.1) is 21.3 Å². The lowest BCUT2D eigenvalue weighted by Gasteiger charge is -2.14. The Balaban J connectivity index is 1.49. The number of hydrogen-bond donors (Lipinski definition) is 3. The number of amides is 2. The standard InChI is InChI=1S/C22H25N3O5/c1-28-18-12-15(13-19(29-2)20(18)30-3)21(26)23-9-6-10-24-22(27)17-11-14-7-4-5-8-16(14)25-17/h4-5,7-8,11-13,25H,6,9-10H2,1-3H3,(H,23,26)(H,24,27). The molecule has 0 saturated heterocycles. The summed E-state index contributed by atoms with van der Waals surface area (Å²) in [4.78, 5) is 27.8. The Morgan fingerprint density at radius 2 is 1.50 bits per heavy atom. The molecule has 0 aliphatic rings. The van der Waals surface area contributed by atoms with Crippen LogP contribution in [0.3, 0.4) is 0 Å². The lowest BCUT2D eigenvalue weighted by Crippen LogP contribution is -2.30. The topological polar surface area (TPSA) is 102 Å². The first-order valence-electron chi connectivity index (χ1n) is 9.51. The Labute approximate surface area is 174 Å². The molecule has 8 nitrogen and oxygen atoms in total. The number of methoxy groups -OCH3 is 3. The van der Waals surface area contributed by atoms with Gasteiger partial charge in [0.1, 0.15) is 5.69 Å². The quantitative estimate of drug-likeness (QED) is 0.470. The van der Waals surface area contributed by atoms with Crippen LogP contribution < -0.4 is 24.8 Å². The second-order valence-corrected chi connectivity index (χ2v) is 6.55. The maximum Gasteiger partial charge on any atom is 0.267 e. The third kappa shape index (κ3) is 4.65. The summed E-state index contributed by atoms with van der Waals surface area (Å²) in [7, 11) is 4.49. The molecule has 0 bridgehead atoms. The molecule has 0 fully saturated rings. The zero-order valence-corrected chi connectivity index (χ0v) is 17.2. The lowest BCUT2D eigenvalue weighted by atomic mass is 10.1. The summed E-state index contributed by atoms with van der Waals surface area (Å²) < 4.78 is 15.8. The molecule has 0 aliphatic carbocycles. The first kappa shape index (κ1) is 21.0. The van der Waals surface area contributed by atoms with Crippen molar-refractivity contribution in [3.8, 4) is 17.2 Å². The van der Waals surface area contributed by atoms with Gasteiger partial charge in [0.2, 0.25) is 5.75 Å². The Kier molecular flexibility index (Phi) is 6.79. The van der Waals surface area contributed by atoms with Crippen molar-refractivity contribution < 1.29 is 23.8 Å². The molecule has 3 aromatic rings. The molecule has 0 spiro atoms. The molecule has 0 atom stereocenters. The minimum atomic E-state index is -0.267. The smallest absolute Gasteiger partial charge is 0.267 e. The first-order chi connectivity index (χ1) is 14.6. The highest BCUT2D eigenvalue weighted by Crippen LogP contribution is 2.38. The van der Waals surface area contributed by atoms with E-state index in [4.69, 9.17) is 14.2 Å². The predicted octanol–water partition coefficient (Wildman–Crippen LogP) is 2.74. The van der Waals surface area contributed by atoms with E-state index < -0.39 is 0 Å². The van der Waals surface area contributed by atoms with Gasteiger partial charge in [-0.15, -0.1) is 0 Å². The zero-order valence-electron chi connectivity index (χ0n) is 17.2. The van der Waals surface area contributed by atoms with E-state index in [0.717, 1.165) is 10.9 Å². The van der Waals surface area contributed by atoms with Crippen molar-refractivity contribution in [2.45, 2.75) is 6.42 Å². The number of aromatic amines is 1. The predicted molar refractivity (Wildman–Crippen MR) is 114 cm³/mol. The number of rotatable bonds is 9. The van der Waals surface area contributed by atoms with E-state index in [-0.39, 0.29) is 11.8 Å². The average Bonchev–Trinajstić information content (AvgIpc) is 3.21. The van der Waals surface area contributed by atoms with Gasteiger partial charge in [0, 0.05) is 29.6 Å². The van der Waals surface area contributed by atoms with Crippen LogP contribution in [0.2, 0.25) is 0 Å². The van der Waals surface area contributed by atoms with Crippen molar-refractivity contribution in [3.63, 3.8) is 0 Å². The van der Waals surface area contributed by atoms with Crippen LogP contribution in [0.1, 0.15) is 27.3 Å². The number of para-hydroxylation sites is 1. The van der Waals surface area contributed by atoms with Crippen molar-refractivity contribution >= 4 is 22.7 Å². The van der Waals surface area contributed by atoms with Gasteiger partial charge in [-0.2, -0.15) is 0 Å². The fourth-order valence-corrected chi connectivity index (χ4v) is 3.10. The van der Waals surface area contributed by atoms with Crippen LogP contribution in [0.15, 0.2) is 42.5 Å². The number of nitrogens with one attached hydrogen (secondary N) is 3. The minimum absolute atomic E-state index is 0.179. The van der Waals surface area contributed by atoms with Crippen molar-refractivity contribution in [1.29, 1.82) is 0 Å². The summed E-state index contributed by atoms with van der Waals surface area (Å²) in [5.74, 6) is 0.801. The van der Waals surface area contributed by atoms with Crippen LogP contribution in [0.25, 0.3) is 10.9 Å². The molecule has 0 saturated carbocycles. The number of hydrogen-bond acceptors (Lipinski definition) is 5. The maximum atomic E-state index is 12.4. The monoisotopic (exact) mass is 411 g/mol. The summed E-state index contributed by atoms with van der Waals surface area (Å²) in [6, 6.07) is 12.7. The minimum Gasteiger partial charge on any atom is -0.493 e. The van der Waals surface area contributed by atoms with E-state index in [1.54, 1.807) is 12.1 Å². The molecule has 0 unspecified atom stereocenters. The van der Waals surface area contributed by atoms with Gasteiger partial charge < -0.3 is 29.8 Å². The van der Waals surface area contributed by atoms with Gasteiger partial charge >= 0.3 is 0 Å². The van der Waals surface area contributed by atoms with Crippen molar-refractivity contribution in [1.82, 2.24) is 15.6 Å². The Morgan fingerprint density at radius 3 is 2.10 bits per heavy atom. The molecule has 3 N–H and O–H groups in total. The van der Waals surface area contributed by atoms with Crippen LogP contribution in [0.5, 0.6) is 17.2 Å². The third-order valence-corrected chi connectivity index (χ3v) is 4.63. The van der Waals surface area contributed by atoms with Crippen LogP contribution in [0.4, 0.5) is 0 Å². The SMILES string of the molecule is COc1cc(C(=O)NCCCNC(=O)c2cc3ccccc3[nH]2)cc(OC)c1OC. The van der Waals surface area contributed by atoms with E-state index in [2.05, 4.69) is 15.6 Å². The second-order valence-electron chi connectivity index (χ2n) is 6.55. The summed E-state index contributed by atoms with van der Waals surface area (Å²) in [5.41, 5.74) is 1.82. The van der Waals surface area contributed by atoms with Gasteiger partial charge in [-0.25, -0.2) is 0 Å². The summed E-state index contributed by atoms with van der Waals surface area (Å²) >= 11 is 0. The number of carbonyl (C=O) groups excluding carboxylic acids is 2. The van der Waals surface area contributed by atoms with E-state index in [1.165, 1.54) is 21.3 Å². The molecular formula is C22H25N3O5. The van der Waals surface area contributed by atoms with Crippen molar-refractivity contribution in [3.05, 3.63) is 53.7 Å². The molecule has 0 aliphatic heterocycles. The summed E-state index contributed by atoms with van der Waals surface area (Å²) in [5, 5.41) is 6.66. The number of carbonyl (C=O) groups is 2. The van der Waals surface area contributed by atoms with Crippen LogP contribution in [-0.2, 0) is 0 Å². The molecule has 158 valence electrons. The van der Waals surface area contributed by atoms with Crippen LogP contribution in [0, 0.1) is 0 Å². The molecule has 1 aromatic heterocycles. The fourth-order valence-electron chi connectivity index (χ4n) is 3.10. The van der Waals surface area contributed by atoms with Gasteiger partial charge in [0.15, 0.2) is 11.5 Å². The number of ether oxygens (including phenoxy) is 3. The molecule has 30 heavy (non-hydrogen) atoms. The maximum absolute atomic E-state index is 12.4. The molecule has 0 radical (unpaired) electrons. The first-order valence-corrected chi connectivity index (χ1v) is 9.51.